The number of benzene rings is 1. The molecule has 11 heteroatoms. The standard InChI is InChI=1S/C25H36FN7O3/c1-3-36-25(34)33-14-12-18(13-15-33)28-23-30-22(27-17-8-6-4-5-7-9-17)31-24(32-23)29-19-10-11-21(35-2)20(26)16-19/h10-11,16-18H,3-9,12-15H2,1-2H3,(H3,27,28,29,30,31,32). The molecule has 196 valence electrons. The lowest BCUT2D eigenvalue weighted by Crippen LogP contribution is -2.42. The van der Waals surface area contributed by atoms with E-state index in [0.717, 1.165) is 25.7 Å². The first-order valence-electron chi connectivity index (χ1n) is 12.9. The predicted octanol–water partition coefficient (Wildman–Crippen LogP) is 4.93. The molecule has 1 aliphatic heterocycles. The van der Waals surface area contributed by atoms with E-state index in [1.165, 1.54) is 38.9 Å². The van der Waals surface area contributed by atoms with Crippen molar-refractivity contribution in [2.75, 3.05) is 42.8 Å². The van der Waals surface area contributed by atoms with Gasteiger partial charge in [0.25, 0.3) is 0 Å². The van der Waals surface area contributed by atoms with E-state index in [4.69, 9.17) is 9.47 Å². The molecule has 1 aromatic carbocycles. The van der Waals surface area contributed by atoms with Crippen LogP contribution in [0, 0.1) is 5.82 Å². The Morgan fingerprint density at radius 2 is 1.58 bits per heavy atom. The van der Waals surface area contributed by atoms with Crippen LogP contribution in [0.3, 0.4) is 0 Å². The summed E-state index contributed by atoms with van der Waals surface area (Å²) in [6.45, 7) is 3.38. The van der Waals surface area contributed by atoms with Crippen LogP contribution in [0.5, 0.6) is 5.75 Å². The molecule has 0 unspecified atom stereocenters. The number of likely N-dealkylation sites (tertiary alicyclic amines) is 1. The molecule has 1 saturated heterocycles. The Morgan fingerprint density at radius 1 is 0.972 bits per heavy atom. The summed E-state index contributed by atoms with van der Waals surface area (Å²) < 4.78 is 24.3. The third-order valence-corrected chi connectivity index (χ3v) is 6.59. The van der Waals surface area contributed by atoms with Crippen molar-refractivity contribution in [3.63, 3.8) is 0 Å². The Kier molecular flexibility index (Phi) is 8.96. The van der Waals surface area contributed by atoms with Gasteiger partial charge in [-0.05, 0) is 44.7 Å². The third-order valence-electron chi connectivity index (χ3n) is 6.59. The smallest absolute Gasteiger partial charge is 0.409 e. The number of hydrogen-bond acceptors (Lipinski definition) is 9. The van der Waals surface area contributed by atoms with E-state index >= 15 is 0 Å². The Balaban J connectivity index is 1.48. The molecule has 2 aliphatic rings. The summed E-state index contributed by atoms with van der Waals surface area (Å²) in [7, 11) is 1.43. The van der Waals surface area contributed by atoms with Gasteiger partial charge in [-0.25, -0.2) is 9.18 Å². The second-order valence-corrected chi connectivity index (χ2v) is 9.22. The lowest BCUT2D eigenvalue weighted by Gasteiger charge is -2.31. The van der Waals surface area contributed by atoms with Gasteiger partial charge in [-0.3, -0.25) is 0 Å². The number of piperidine rings is 1. The Labute approximate surface area is 211 Å². The summed E-state index contributed by atoms with van der Waals surface area (Å²) in [5.41, 5.74) is 0.508. The van der Waals surface area contributed by atoms with Crippen LogP contribution < -0.4 is 20.7 Å². The molecule has 0 spiro atoms. The lowest BCUT2D eigenvalue weighted by molar-refractivity contribution is 0.0983. The summed E-state index contributed by atoms with van der Waals surface area (Å²) in [6, 6.07) is 5.03. The van der Waals surface area contributed by atoms with E-state index in [1.807, 2.05) is 0 Å². The summed E-state index contributed by atoms with van der Waals surface area (Å²) >= 11 is 0. The lowest BCUT2D eigenvalue weighted by atomic mass is 10.1. The number of methoxy groups -OCH3 is 1. The zero-order chi connectivity index (χ0) is 25.3. The molecule has 3 N–H and O–H groups in total. The van der Waals surface area contributed by atoms with Crippen molar-refractivity contribution >= 4 is 29.6 Å². The molecule has 1 aliphatic carbocycles. The minimum Gasteiger partial charge on any atom is -0.494 e. The van der Waals surface area contributed by atoms with Crippen LogP contribution in [-0.2, 0) is 4.74 Å². The number of nitrogens with zero attached hydrogens (tertiary/aromatic N) is 4. The fraction of sp³-hybridized carbons (Fsp3) is 0.600. The van der Waals surface area contributed by atoms with Crippen molar-refractivity contribution in [3.05, 3.63) is 24.0 Å². The minimum absolute atomic E-state index is 0.107. The number of carbonyl (C=O) groups is 1. The molecule has 0 atom stereocenters. The number of aromatic nitrogens is 3. The van der Waals surface area contributed by atoms with E-state index in [0.29, 0.717) is 49.3 Å². The minimum atomic E-state index is -0.472. The van der Waals surface area contributed by atoms with Crippen LogP contribution in [0.15, 0.2) is 18.2 Å². The maximum absolute atomic E-state index is 14.2. The van der Waals surface area contributed by atoms with E-state index in [2.05, 4.69) is 30.9 Å². The highest BCUT2D eigenvalue weighted by atomic mass is 19.1. The highest BCUT2D eigenvalue weighted by Gasteiger charge is 2.24. The average Bonchev–Trinajstić information content (AvgIpc) is 3.13. The average molecular weight is 502 g/mol. The third kappa shape index (κ3) is 7.08. The number of ether oxygens (including phenoxy) is 2. The van der Waals surface area contributed by atoms with E-state index < -0.39 is 5.82 Å². The summed E-state index contributed by atoms with van der Waals surface area (Å²) in [4.78, 5) is 27.5. The van der Waals surface area contributed by atoms with Crippen LogP contribution in [0.4, 0.5) is 32.7 Å². The Hall–Kier alpha value is -3.37. The zero-order valence-electron chi connectivity index (χ0n) is 21.1. The fourth-order valence-corrected chi connectivity index (χ4v) is 4.64. The molecule has 1 saturated carbocycles. The largest absolute Gasteiger partial charge is 0.494 e. The van der Waals surface area contributed by atoms with Gasteiger partial charge in [0.05, 0.1) is 13.7 Å². The second kappa shape index (κ2) is 12.5. The molecule has 2 fully saturated rings. The molecule has 2 heterocycles. The number of carbonyl (C=O) groups excluding carboxylic acids is 1. The monoisotopic (exact) mass is 501 g/mol. The van der Waals surface area contributed by atoms with Crippen molar-refractivity contribution in [1.29, 1.82) is 0 Å². The molecule has 36 heavy (non-hydrogen) atoms. The van der Waals surface area contributed by atoms with Crippen LogP contribution >= 0.6 is 0 Å². The molecule has 0 radical (unpaired) electrons. The molecular weight excluding hydrogens is 465 g/mol. The second-order valence-electron chi connectivity index (χ2n) is 9.22. The van der Waals surface area contributed by atoms with Gasteiger partial charge in [0.2, 0.25) is 17.8 Å². The van der Waals surface area contributed by atoms with Gasteiger partial charge >= 0.3 is 6.09 Å². The highest BCUT2D eigenvalue weighted by molar-refractivity contribution is 5.67. The Bertz CT molecular complexity index is 1010. The normalized spacial score (nSPS) is 17.2. The zero-order valence-corrected chi connectivity index (χ0v) is 21.1. The van der Waals surface area contributed by atoms with Gasteiger partial charge in [-0.2, -0.15) is 15.0 Å². The topological polar surface area (TPSA) is 114 Å². The van der Waals surface area contributed by atoms with Crippen LogP contribution in [0.2, 0.25) is 0 Å². The summed E-state index contributed by atoms with van der Waals surface area (Å²) in [6.07, 6.45) is 8.26. The van der Waals surface area contributed by atoms with Gasteiger partial charge in [0.15, 0.2) is 11.6 Å². The molecular formula is C25H36FN7O3. The predicted molar refractivity (Wildman–Crippen MR) is 136 cm³/mol. The molecule has 1 amide bonds. The summed E-state index contributed by atoms with van der Waals surface area (Å²) in [5.74, 6) is 0.938. The van der Waals surface area contributed by atoms with Crippen LogP contribution in [0.25, 0.3) is 0 Å². The first-order valence-corrected chi connectivity index (χ1v) is 12.9. The maximum Gasteiger partial charge on any atom is 0.409 e. The SMILES string of the molecule is CCOC(=O)N1CCC(Nc2nc(Nc3ccc(OC)c(F)c3)nc(NC3CCCCCC3)n2)CC1. The van der Waals surface area contributed by atoms with Gasteiger partial charge in [0, 0.05) is 36.9 Å². The van der Waals surface area contributed by atoms with E-state index in [9.17, 15) is 9.18 Å². The fourth-order valence-electron chi connectivity index (χ4n) is 4.64. The number of halogens is 1. The van der Waals surface area contributed by atoms with Gasteiger partial charge in [0.1, 0.15) is 0 Å². The van der Waals surface area contributed by atoms with E-state index in [-0.39, 0.29) is 17.9 Å². The van der Waals surface area contributed by atoms with Gasteiger partial charge < -0.3 is 30.3 Å². The molecule has 4 rings (SSSR count). The first-order chi connectivity index (χ1) is 17.5. The van der Waals surface area contributed by atoms with Crippen molar-refractivity contribution in [2.45, 2.75) is 70.4 Å². The van der Waals surface area contributed by atoms with E-state index in [1.54, 1.807) is 24.0 Å². The van der Waals surface area contributed by atoms with Crippen molar-refractivity contribution in [3.8, 4) is 5.75 Å². The number of anilines is 4. The highest BCUT2D eigenvalue weighted by Crippen LogP contribution is 2.25. The van der Waals surface area contributed by atoms with Gasteiger partial charge in [-0.15, -0.1) is 0 Å². The molecule has 10 nitrogen and oxygen atoms in total. The molecule has 0 bridgehead atoms. The van der Waals surface area contributed by atoms with Crippen molar-refractivity contribution in [1.82, 2.24) is 19.9 Å². The van der Waals surface area contributed by atoms with Crippen LogP contribution in [-0.4, -0.2) is 64.8 Å². The number of nitrogens with one attached hydrogen (secondary N) is 3. The first kappa shape index (κ1) is 25.7. The molecule has 1 aromatic heterocycles. The number of hydrogen-bond donors (Lipinski definition) is 3. The maximum atomic E-state index is 14.2. The van der Waals surface area contributed by atoms with Crippen molar-refractivity contribution < 1.29 is 18.7 Å². The summed E-state index contributed by atoms with van der Waals surface area (Å²) in [5, 5.41) is 9.98. The number of rotatable bonds is 8. The van der Waals surface area contributed by atoms with Crippen LogP contribution in [0.1, 0.15) is 58.3 Å². The molecule has 2 aromatic rings. The quantitative estimate of drug-likeness (QED) is 0.433. The Morgan fingerprint density at radius 3 is 2.17 bits per heavy atom. The van der Waals surface area contributed by atoms with Gasteiger partial charge in [-0.1, -0.05) is 25.7 Å². The number of amides is 1. The van der Waals surface area contributed by atoms with Crippen molar-refractivity contribution in [2.24, 2.45) is 0 Å².